The van der Waals surface area contributed by atoms with Crippen molar-refractivity contribution >= 4 is 5.82 Å². The van der Waals surface area contributed by atoms with Gasteiger partial charge in [0.25, 0.3) is 0 Å². The zero-order valence-corrected chi connectivity index (χ0v) is 14.3. The molecule has 24 heavy (non-hydrogen) atoms. The predicted molar refractivity (Wildman–Crippen MR) is 89.9 cm³/mol. The number of piperazine rings is 1. The number of aryl methyl sites for hydroxylation is 1. The molecule has 0 aliphatic carbocycles. The summed E-state index contributed by atoms with van der Waals surface area (Å²) >= 11 is 0. The number of benzene rings is 1. The van der Waals surface area contributed by atoms with E-state index in [0.717, 1.165) is 42.8 Å². The molecule has 1 aliphatic heterocycles. The third kappa shape index (κ3) is 3.53. The maximum atomic E-state index is 13.4. The lowest BCUT2D eigenvalue weighted by molar-refractivity contribution is 0.180. The van der Waals surface area contributed by atoms with Gasteiger partial charge >= 0.3 is 0 Å². The Kier molecular flexibility index (Phi) is 4.76. The summed E-state index contributed by atoms with van der Waals surface area (Å²) in [5.74, 6) is -0.0717. The minimum absolute atomic E-state index is 0.264. The Labute approximate surface area is 141 Å². The molecule has 1 aliphatic rings. The van der Waals surface area contributed by atoms with Crippen molar-refractivity contribution in [2.45, 2.75) is 33.4 Å². The lowest BCUT2D eigenvalue weighted by atomic mass is 10.1. The number of rotatable bonds is 3. The number of nitrogens with zero attached hydrogens (tertiary/aromatic N) is 4. The van der Waals surface area contributed by atoms with Crippen molar-refractivity contribution in [1.29, 1.82) is 0 Å². The fraction of sp³-hybridized carbons (Fsp3) is 0.444. The molecule has 0 spiro atoms. The first-order valence-corrected chi connectivity index (χ1v) is 8.16. The van der Waals surface area contributed by atoms with Crippen LogP contribution in [-0.2, 0) is 6.54 Å². The van der Waals surface area contributed by atoms with Crippen LogP contribution in [0.3, 0.4) is 0 Å². The van der Waals surface area contributed by atoms with Crippen LogP contribution in [0.15, 0.2) is 24.5 Å². The summed E-state index contributed by atoms with van der Waals surface area (Å²) in [6.45, 7) is 9.18. The maximum absolute atomic E-state index is 13.4. The topological polar surface area (TPSA) is 32.3 Å². The van der Waals surface area contributed by atoms with Crippen LogP contribution in [0, 0.1) is 25.5 Å². The van der Waals surface area contributed by atoms with E-state index in [9.17, 15) is 8.78 Å². The fourth-order valence-electron chi connectivity index (χ4n) is 3.20. The largest absolute Gasteiger partial charge is 0.353 e. The van der Waals surface area contributed by atoms with E-state index < -0.39 is 11.6 Å². The molecule has 1 aromatic carbocycles. The van der Waals surface area contributed by atoms with E-state index in [1.807, 2.05) is 13.8 Å². The van der Waals surface area contributed by atoms with Crippen molar-refractivity contribution < 1.29 is 8.78 Å². The highest BCUT2D eigenvalue weighted by molar-refractivity contribution is 5.48. The Morgan fingerprint density at radius 3 is 2.46 bits per heavy atom. The zero-order valence-electron chi connectivity index (χ0n) is 14.3. The molecule has 2 aromatic rings. The van der Waals surface area contributed by atoms with Crippen LogP contribution < -0.4 is 4.90 Å². The minimum atomic E-state index is -0.525. The first-order chi connectivity index (χ1) is 11.4. The molecule has 0 radical (unpaired) electrons. The summed E-state index contributed by atoms with van der Waals surface area (Å²) in [4.78, 5) is 13.2. The van der Waals surface area contributed by atoms with Gasteiger partial charge in [0.15, 0.2) is 0 Å². The molecule has 3 rings (SSSR count). The summed E-state index contributed by atoms with van der Waals surface area (Å²) in [5.41, 5.74) is 2.76. The van der Waals surface area contributed by atoms with E-state index in [0.29, 0.717) is 12.1 Å². The van der Waals surface area contributed by atoms with E-state index in [4.69, 9.17) is 0 Å². The summed E-state index contributed by atoms with van der Waals surface area (Å²) in [7, 11) is 0. The second kappa shape index (κ2) is 6.81. The van der Waals surface area contributed by atoms with Gasteiger partial charge < -0.3 is 4.90 Å². The van der Waals surface area contributed by atoms with Gasteiger partial charge in [-0.3, -0.25) is 4.90 Å². The Hall–Kier alpha value is -2.08. The SMILES string of the molecule is Cc1ncnc(N2CCN(Cc3cc(F)cc(F)c3)C(C)C2)c1C. The van der Waals surface area contributed by atoms with Crippen LogP contribution in [0.25, 0.3) is 0 Å². The number of halogens is 2. The molecule has 4 nitrogen and oxygen atoms in total. The van der Waals surface area contributed by atoms with Gasteiger partial charge in [-0.2, -0.15) is 0 Å². The van der Waals surface area contributed by atoms with Crippen LogP contribution in [0.1, 0.15) is 23.7 Å². The summed E-state index contributed by atoms with van der Waals surface area (Å²) in [6, 6.07) is 3.98. The average molecular weight is 332 g/mol. The van der Waals surface area contributed by atoms with Gasteiger partial charge in [0.05, 0.1) is 0 Å². The van der Waals surface area contributed by atoms with E-state index in [-0.39, 0.29) is 6.04 Å². The van der Waals surface area contributed by atoms with Gasteiger partial charge in [-0.05, 0) is 38.5 Å². The molecular formula is C18H22F2N4. The van der Waals surface area contributed by atoms with Crippen molar-refractivity contribution in [1.82, 2.24) is 14.9 Å². The monoisotopic (exact) mass is 332 g/mol. The number of hydrogen-bond acceptors (Lipinski definition) is 4. The Morgan fingerprint density at radius 1 is 1.08 bits per heavy atom. The second-order valence-corrected chi connectivity index (χ2v) is 6.45. The lowest BCUT2D eigenvalue weighted by Crippen LogP contribution is -2.52. The van der Waals surface area contributed by atoms with Gasteiger partial charge in [0.1, 0.15) is 23.8 Å². The van der Waals surface area contributed by atoms with Gasteiger partial charge in [0.2, 0.25) is 0 Å². The third-order valence-corrected chi connectivity index (χ3v) is 4.68. The highest BCUT2D eigenvalue weighted by Gasteiger charge is 2.26. The van der Waals surface area contributed by atoms with Gasteiger partial charge in [-0.25, -0.2) is 18.7 Å². The molecule has 0 amide bonds. The van der Waals surface area contributed by atoms with Crippen LogP contribution in [0.5, 0.6) is 0 Å². The van der Waals surface area contributed by atoms with Crippen LogP contribution in [-0.4, -0.2) is 40.5 Å². The summed E-state index contributed by atoms with van der Waals surface area (Å²) in [5, 5.41) is 0. The molecule has 1 saturated heterocycles. The molecule has 0 bridgehead atoms. The van der Waals surface area contributed by atoms with Crippen molar-refractivity contribution in [3.05, 3.63) is 53.0 Å². The second-order valence-electron chi connectivity index (χ2n) is 6.45. The van der Waals surface area contributed by atoms with Gasteiger partial charge in [0, 0.05) is 49.5 Å². The molecule has 128 valence electrons. The molecule has 0 saturated carbocycles. The quantitative estimate of drug-likeness (QED) is 0.865. The molecule has 6 heteroatoms. The molecule has 1 fully saturated rings. The highest BCUT2D eigenvalue weighted by atomic mass is 19.1. The molecule has 1 atom stereocenters. The molecular weight excluding hydrogens is 310 g/mol. The normalized spacial score (nSPS) is 18.9. The molecule has 1 aromatic heterocycles. The Balaban J connectivity index is 1.70. The fourth-order valence-corrected chi connectivity index (χ4v) is 3.20. The molecule has 0 N–H and O–H groups in total. The molecule has 1 unspecified atom stereocenters. The summed E-state index contributed by atoms with van der Waals surface area (Å²) in [6.07, 6.45) is 1.60. The predicted octanol–water partition coefficient (Wildman–Crippen LogP) is 3.08. The average Bonchev–Trinajstić information content (AvgIpc) is 2.51. The molecule has 2 heterocycles. The maximum Gasteiger partial charge on any atom is 0.135 e. The smallest absolute Gasteiger partial charge is 0.135 e. The number of aromatic nitrogens is 2. The van der Waals surface area contributed by atoms with E-state index in [2.05, 4.69) is 26.7 Å². The first kappa shape index (κ1) is 16.8. The first-order valence-electron chi connectivity index (χ1n) is 8.16. The van der Waals surface area contributed by atoms with Crippen molar-refractivity contribution in [3.8, 4) is 0 Å². The van der Waals surface area contributed by atoms with Crippen LogP contribution in [0.4, 0.5) is 14.6 Å². The lowest BCUT2D eigenvalue weighted by Gasteiger charge is -2.41. The highest BCUT2D eigenvalue weighted by Crippen LogP contribution is 2.23. The van der Waals surface area contributed by atoms with Gasteiger partial charge in [-0.1, -0.05) is 0 Å². The zero-order chi connectivity index (χ0) is 17.3. The third-order valence-electron chi connectivity index (χ3n) is 4.68. The van der Waals surface area contributed by atoms with E-state index >= 15 is 0 Å². The van der Waals surface area contributed by atoms with Gasteiger partial charge in [-0.15, -0.1) is 0 Å². The summed E-state index contributed by atoms with van der Waals surface area (Å²) < 4.78 is 26.7. The Bertz CT molecular complexity index is 715. The van der Waals surface area contributed by atoms with E-state index in [1.165, 1.54) is 12.1 Å². The minimum Gasteiger partial charge on any atom is -0.353 e. The number of anilines is 1. The van der Waals surface area contributed by atoms with Crippen molar-refractivity contribution in [2.24, 2.45) is 0 Å². The van der Waals surface area contributed by atoms with Crippen molar-refractivity contribution in [2.75, 3.05) is 24.5 Å². The van der Waals surface area contributed by atoms with Crippen LogP contribution in [0.2, 0.25) is 0 Å². The standard InChI is InChI=1S/C18H22F2N4/c1-12-9-24(18-13(2)14(3)21-11-22-18)5-4-23(12)10-15-6-16(19)8-17(20)7-15/h6-8,11-12H,4-5,9-10H2,1-3H3. The van der Waals surface area contributed by atoms with Crippen LogP contribution >= 0.6 is 0 Å². The van der Waals surface area contributed by atoms with Crippen molar-refractivity contribution in [3.63, 3.8) is 0 Å². The Morgan fingerprint density at radius 2 is 1.79 bits per heavy atom. The van der Waals surface area contributed by atoms with E-state index in [1.54, 1.807) is 6.33 Å². The number of hydrogen-bond donors (Lipinski definition) is 0.